The molecule has 2 aliphatic rings. The Morgan fingerprint density at radius 3 is 2.22 bits per heavy atom. The van der Waals surface area contributed by atoms with Gasteiger partial charge in [-0.3, -0.25) is 0 Å². The largest absolute Gasteiger partial charge is 0.465 e. The maximum atomic E-state index is 12.1. The lowest BCUT2D eigenvalue weighted by atomic mass is 9.62. The van der Waals surface area contributed by atoms with Crippen LogP contribution in [0.15, 0.2) is 65.7 Å². The highest BCUT2D eigenvalue weighted by Crippen LogP contribution is 2.50. The second kappa shape index (κ2) is 9.48. The number of unbranched alkanes of at least 4 members (excludes halogenated alkanes) is 1. The molecule has 0 radical (unpaired) electrons. The van der Waals surface area contributed by atoms with Crippen molar-refractivity contribution in [2.45, 2.75) is 71.1 Å². The first-order chi connectivity index (χ1) is 17.7. The van der Waals surface area contributed by atoms with E-state index in [9.17, 15) is 4.79 Å². The third-order valence-corrected chi connectivity index (χ3v) is 8.23. The average molecular weight is 495 g/mol. The number of fused-ring (bicyclic) bond motifs is 3. The molecule has 0 saturated carbocycles. The van der Waals surface area contributed by atoms with Crippen LogP contribution >= 0.6 is 0 Å². The van der Waals surface area contributed by atoms with Gasteiger partial charge in [0.05, 0.1) is 35.4 Å². The van der Waals surface area contributed by atoms with Gasteiger partial charge in [-0.1, -0.05) is 65.3 Å². The Morgan fingerprint density at radius 2 is 1.57 bits per heavy atom. The van der Waals surface area contributed by atoms with E-state index in [0.29, 0.717) is 5.56 Å². The third-order valence-electron chi connectivity index (χ3n) is 8.23. The van der Waals surface area contributed by atoms with Gasteiger partial charge in [-0.05, 0) is 77.6 Å². The van der Waals surface area contributed by atoms with E-state index in [4.69, 9.17) is 9.73 Å². The van der Waals surface area contributed by atoms with Gasteiger partial charge in [-0.25, -0.2) is 9.79 Å². The molecule has 3 aromatic rings. The number of aliphatic imine (C=N–C) groups is 1. The zero-order chi connectivity index (χ0) is 26.4. The van der Waals surface area contributed by atoms with Crippen LogP contribution in [0.4, 0.5) is 17.1 Å². The van der Waals surface area contributed by atoms with E-state index in [-0.39, 0.29) is 16.8 Å². The Balaban J connectivity index is 1.80. The summed E-state index contributed by atoms with van der Waals surface area (Å²) in [6.07, 6.45) is 4.56. The summed E-state index contributed by atoms with van der Waals surface area (Å²) in [4.78, 5) is 19.9. The van der Waals surface area contributed by atoms with Crippen molar-refractivity contribution < 1.29 is 9.53 Å². The molecule has 1 heterocycles. The molecule has 1 aliphatic carbocycles. The maximum absolute atomic E-state index is 12.1. The van der Waals surface area contributed by atoms with Gasteiger partial charge in [0, 0.05) is 17.7 Å². The average Bonchev–Trinajstić information content (AvgIpc) is 3.03. The van der Waals surface area contributed by atoms with Gasteiger partial charge in [-0.15, -0.1) is 0 Å². The first-order valence-corrected chi connectivity index (χ1v) is 13.5. The lowest BCUT2D eigenvalue weighted by Crippen LogP contribution is -2.35. The van der Waals surface area contributed by atoms with Gasteiger partial charge in [0.2, 0.25) is 0 Å². The molecule has 3 aromatic carbocycles. The minimum absolute atomic E-state index is 0.0904. The predicted octanol–water partition coefficient (Wildman–Crippen LogP) is 8.24. The number of esters is 1. The number of anilines is 2. The minimum Gasteiger partial charge on any atom is -0.465 e. The van der Waals surface area contributed by atoms with Crippen molar-refractivity contribution in [3.05, 3.63) is 88.5 Å². The first-order valence-electron chi connectivity index (χ1n) is 13.5. The number of methoxy groups -OCH3 is 1. The zero-order valence-corrected chi connectivity index (χ0v) is 23.0. The lowest BCUT2D eigenvalue weighted by Gasteiger charge is -2.43. The number of ether oxygens (including phenoxy) is 1. The SMILES string of the molecule is CCCCN1c2ccccc2N=C(c2ccc(C(=O)OC)cc2)c2cc3c(cc21)C(C)(C)CCC3(C)C. The number of benzene rings is 3. The van der Waals surface area contributed by atoms with Crippen molar-refractivity contribution >= 4 is 28.7 Å². The van der Waals surface area contributed by atoms with Crippen LogP contribution < -0.4 is 4.90 Å². The second-order valence-electron chi connectivity index (χ2n) is 11.7. The summed E-state index contributed by atoms with van der Waals surface area (Å²) in [6, 6.07) is 21.0. The quantitative estimate of drug-likeness (QED) is 0.335. The van der Waals surface area contributed by atoms with E-state index >= 15 is 0 Å². The molecule has 4 nitrogen and oxygen atoms in total. The van der Waals surface area contributed by atoms with E-state index in [1.54, 1.807) is 0 Å². The molecule has 0 amide bonds. The molecular formula is C33H38N2O2. The fraction of sp³-hybridized carbons (Fsp3) is 0.394. The highest BCUT2D eigenvalue weighted by molar-refractivity contribution is 6.19. The maximum Gasteiger partial charge on any atom is 0.337 e. The number of hydrogen-bond acceptors (Lipinski definition) is 4. The molecule has 0 N–H and O–H groups in total. The Hall–Kier alpha value is -3.40. The van der Waals surface area contributed by atoms with Gasteiger partial charge >= 0.3 is 5.97 Å². The molecule has 0 aromatic heterocycles. The summed E-state index contributed by atoms with van der Waals surface area (Å²) in [7, 11) is 1.41. The molecule has 4 heteroatoms. The van der Waals surface area contributed by atoms with E-state index < -0.39 is 0 Å². The summed E-state index contributed by atoms with van der Waals surface area (Å²) in [5.41, 5.74) is 10.0. The van der Waals surface area contributed by atoms with Crippen molar-refractivity contribution in [3.63, 3.8) is 0 Å². The standard InChI is InChI=1S/C33H38N2O2/c1-7-8-19-35-28-12-10-9-11-27(28)34-30(22-13-15-23(16-14-22)31(36)37-6)24-20-25-26(21-29(24)35)33(4,5)18-17-32(25,2)3/h9-16,20-21H,7-8,17-19H2,1-6H3. The minimum atomic E-state index is -0.330. The highest BCUT2D eigenvalue weighted by Gasteiger charge is 2.39. The van der Waals surface area contributed by atoms with Crippen molar-refractivity contribution in [2.24, 2.45) is 4.99 Å². The molecule has 0 atom stereocenters. The third kappa shape index (κ3) is 4.47. The number of hydrogen-bond donors (Lipinski definition) is 0. The van der Waals surface area contributed by atoms with Crippen LogP contribution in [0.25, 0.3) is 0 Å². The summed E-state index contributed by atoms with van der Waals surface area (Å²) in [5.74, 6) is -0.330. The Labute approximate surface area is 221 Å². The van der Waals surface area contributed by atoms with Crippen LogP contribution in [0.2, 0.25) is 0 Å². The van der Waals surface area contributed by atoms with Crippen molar-refractivity contribution in [3.8, 4) is 0 Å². The predicted molar refractivity (Wildman–Crippen MR) is 153 cm³/mol. The lowest BCUT2D eigenvalue weighted by molar-refractivity contribution is 0.0600. The van der Waals surface area contributed by atoms with Crippen LogP contribution in [0.5, 0.6) is 0 Å². The van der Waals surface area contributed by atoms with Crippen molar-refractivity contribution in [1.82, 2.24) is 0 Å². The Bertz CT molecular complexity index is 1370. The second-order valence-corrected chi connectivity index (χ2v) is 11.7. The number of carbonyl (C=O) groups is 1. The first kappa shape index (κ1) is 25.3. The monoisotopic (exact) mass is 494 g/mol. The number of carbonyl (C=O) groups excluding carboxylic acids is 1. The molecule has 0 bridgehead atoms. The molecule has 192 valence electrons. The van der Waals surface area contributed by atoms with Gasteiger partial charge in [0.1, 0.15) is 0 Å². The van der Waals surface area contributed by atoms with E-state index in [0.717, 1.165) is 54.0 Å². The van der Waals surface area contributed by atoms with Gasteiger partial charge in [0.25, 0.3) is 0 Å². The van der Waals surface area contributed by atoms with Gasteiger partial charge < -0.3 is 9.64 Å². The number of rotatable bonds is 5. The molecule has 0 spiro atoms. The normalized spacial score (nSPS) is 17.1. The topological polar surface area (TPSA) is 41.9 Å². The Kier molecular flexibility index (Phi) is 6.47. The fourth-order valence-corrected chi connectivity index (χ4v) is 5.77. The molecule has 0 unspecified atom stereocenters. The van der Waals surface area contributed by atoms with Crippen LogP contribution in [0.1, 0.15) is 92.9 Å². The summed E-state index contributed by atoms with van der Waals surface area (Å²) < 4.78 is 4.92. The van der Waals surface area contributed by atoms with E-state index in [1.807, 2.05) is 24.3 Å². The summed E-state index contributed by atoms with van der Waals surface area (Å²) in [5, 5.41) is 0. The van der Waals surface area contributed by atoms with Crippen LogP contribution in [-0.2, 0) is 15.6 Å². The Morgan fingerprint density at radius 1 is 0.919 bits per heavy atom. The number of para-hydroxylation sites is 2. The van der Waals surface area contributed by atoms with Crippen LogP contribution in [0.3, 0.4) is 0 Å². The summed E-state index contributed by atoms with van der Waals surface area (Å²) >= 11 is 0. The highest BCUT2D eigenvalue weighted by atomic mass is 16.5. The summed E-state index contributed by atoms with van der Waals surface area (Å²) in [6.45, 7) is 12.7. The van der Waals surface area contributed by atoms with Crippen LogP contribution in [0, 0.1) is 0 Å². The zero-order valence-electron chi connectivity index (χ0n) is 23.0. The van der Waals surface area contributed by atoms with E-state index in [2.05, 4.69) is 75.9 Å². The molecule has 0 fully saturated rings. The molecular weight excluding hydrogens is 456 g/mol. The van der Waals surface area contributed by atoms with Gasteiger partial charge in [-0.2, -0.15) is 0 Å². The van der Waals surface area contributed by atoms with Crippen molar-refractivity contribution in [1.29, 1.82) is 0 Å². The van der Waals surface area contributed by atoms with Crippen molar-refractivity contribution in [2.75, 3.05) is 18.6 Å². The number of nitrogens with zero attached hydrogens (tertiary/aromatic N) is 2. The molecule has 1 aliphatic heterocycles. The van der Waals surface area contributed by atoms with Gasteiger partial charge in [0.15, 0.2) is 0 Å². The van der Waals surface area contributed by atoms with E-state index in [1.165, 1.54) is 30.3 Å². The fourth-order valence-electron chi connectivity index (χ4n) is 5.77. The van der Waals surface area contributed by atoms with Crippen LogP contribution in [-0.4, -0.2) is 25.3 Å². The molecule has 0 saturated heterocycles. The smallest absolute Gasteiger partial charge is 0.337 e. The molecule has 5 rings (SSSR count). The molecule has 37 heavy (non-hydrogen) atoms.